The van der Waals surface area contributed by atoms with Gasteiger partial charge in [-0.1, -0.05) is 67.6 Å². The van der Waals surface area contributed by atoms with Crippen molar-refractivity contribution < 1.29 is 5.11 Å². The molecule has 0 aliphatic rings. The fourth-order valence-electron chi connectivity index (χ4n) is 2.32. The van der Waals surface area contributed by atoms with Crippen LogP contribution in [0.2, 0.25) is 0 Å². The average Bonchev–Trinajstić information content (AvgIpc) is 2.50. The molecule has 0 bridgehead atoms. The van der Waals surface area contributed by atoms with Gasteiger partial charge in [-0.3, -0.25) is 0 Å². The monoisotopic (exact) mass is 255 g/mol. The molecule has 2 aromatic carbocycles. The molecule has 0 aliphatic heterocycles. The summed E-state index contributed by atoms with van der Waals surface area (Å²) in [6.45, 7) is 2.26. The molecule has 19 heavy (non-hydrogen) atoms. The topological polar surface area (TPSA) is 32.3 Å². The van der Waals surface area contributed by atoms with E-state index in [4.69, 9.17) is 0 Å². The lowest BCUT2D eigenvalue weighted by molar-refractivity contribution is 0.232. The van der Waals surface area contributed by atoms with E-state index in [9.17, 15) is 5.11 Å². The van der Waals surface area contributed by atoms with Crippen molar-refractivity contribution >= 4 is 0 Å². The Morgan fingerprint density at radius 3 is 1.74 bits per heavy atom. The van der Waals surface area contributed by atoms with Crippen molar-refractivity contribution in [1.29, 1.82) is 0 Å². The van der Waals surface area contributed by atoms with Crippen LogP contribution in [-0.4, -0.2) is 11.7 Å². The number of aliphatic hydroxyl groups is 1. The van der Waals surface area contributed by atoms with Gasteiger partial charge in [-0.05, 0) is 17.5 Å². The fourth-order valence-corrected chi connectivity index (χ4v) is 2.32. The first-order chi connectivity index (χ1) is 9.35. The van der Waals surface area contributed by atoms with Crippen LogP contribution < -0.4 is 5.32 Å². The third kappa shape index (κ3) is 3.66. The third-order valence-electron chi connectivity index (χ3n) is 3.40. The number of aliphatic hydroxyl groups excluding tert-OH is 1. The molecule has 0 saturated carbocycles. The largest absolute Gasteiger partial charge is 0.394 e. The number of rotatable bonds is 6. The van der Waals surface area contributed by atoms with Crippen LogP contribution in [0.4, 0.5) is 0 Å². The number of benzene rings is 2. The normalized spacial score (nSPS) is 14.0. The van der Waals surface area contributed by atoms with Crippen molar-refractivity contribution in [2.24, 2.45) is 0 Å². The number of hydrogen-bond acceptors (Lipinski definition) is 2. The summed E-state index contributed by atoms with van der Waals surface area (Å²) in [5.41, 5.74) is 2.39. The summed E-state index contributed by atoms with van der Waals surface area (Å²) in [4.78, 5) is 0. The first kappa shape index (κ1) is 13.8. The van der Waals surface area contributed by atoms with Gasteiger partial charge in [-0.2, -0.15) is 0 Å². The molecule has 0 amide bonds. The van der Waals surface area contributed by atoms with Crippen LogP contribution in [0.5, 0.6) is 0 Å². The Labute approximate surface area is 115 Å². The molecule has 0 heterocycles. The van der Waals surface area contributed by atoms with Crippen LogP contribution in [-0.2, 0) is 0 Å². The van der Waals surface area contributed by atoms with Crippen molar-refractivity contribution in [3.8, 4) is 0 Å². The quantitative estimate of drug-likeness (QED) is 0.828. The minimum atomic E-state index is -0.0219. The van der Waals surface area contributed by atoms with Gasteiger partial charge in [0.25, 0.3) is 0 Å². The molecule has 1 unspecified atom stereocenters. The highest BCUT2D eigenvalue weighted by molar-refractivity contribution is 5.22. The summed E-state index contributed by atoms with van der Waals surface area (Å²) >= 11 is 0. The fraction of sp³-hybridized carbons (Fsp3) is 0.294. The van der Waals surface area contributed by atoms with Gasteiger partial charge in [0.15, 0.2) is 0 Å². The van der Waals surface area contributed by atoms with E-state index in [0.29, 0.717) is 0 Å². The second kappa shape index (κ2) is 7.07. The van der Waals surface area contributed by atoms with Crippen LogP contribution in [0, 0.1) is 0 Å². The highest BCUT2D eigenvalue weighted by Gasteiger charge is 2.16. The Bertz CT molecular complexity index is 424. The van der Waals surface area contributed by atoms with Gasteiger partial charge in [-0.15, -0.1) is 0 Å². The molecule has 2 atom stereocenters. The van der Waals surface area contributed by atoms with E-state index >= 15 is 0 Å². The third-order valence-corrected chi connectivity index (χ3v) is 3.40. The molecule has 0 saturated heterocycles. The molecule has 2 heteroatoms. The van der Waals surface area contributed by atoms with Crippen LogP contribution in [0.3, 0.4) is 0 Å². The zero-order valence-electron chi connectivity index (χ0n) is 11.3. The minimum absolute atomic E-state index is 0.0219. The predicted molar refractivity (Wildman–Crippen MR) is 78.9 cm³/mol. The SMILES string of the molecule is CCC(N[C@@H](CO)c1ccccc1)c1ccccc1. The van der Waals surface area contributed by atoms with E-state index in [1.165, 1.54) is 5.56 Å². The second-order valence-corrected chi connectivity index (χ2v) is 4.68. The van der Waals surface area contributed by atoms with Crippen LogP contribution >= 0.6 is 0 Å². The van der Waals surface area contributed by atoms with Crippen molar-refractivity contribution in [3.63, 3.8) is 0 Å². The molecular weight excluding hydrogens is 234 g/mol. The van der Waals surface area contributed by atoms with E-state index in [0.717, 1.165) is 12.0 Å². The van der Waals surface area contributed by atoms with Gasteiger partial charge in [-0.25, -0.2) is 0 Å². The summed E-state index contributed by atoms with van der Waals surface area (Å²) in [6, 6.07) is 20.7. The first-order valence-electron chi connectivity index (χ1n) is 6.82. The van der Waals surface area contributed by atoms with E-state index in [-0.39, 0.29) is 18.7 Å². The molecule has 2 aromatic rings. The number of nitrogens with one attached hydrogen (secondary N) is 1. The highest BCUT2D eigenvalue weighted by atomic mass is 16.3. The Morgan fingerprint density at radius 2 is 1.32 bits per heavy atom. The summed E-state index contributed by atoms with van der Waals surface area (Å²) in [5.74, 6) is 0. The summed E-state index contributed by atoms with van der Waals surface area (Å²) in [6.07, 6.45) is 0.993. The second-order valence-electron chi connectivity index (χ2n) is 4.68. The Balaban J connectivity index is 2.13. The maximum absolute atomic E-state index is 9.61. The zero-order valence-corrected chi connectivity index (χ0v) is 11.3. The molecule has 0 fully saturated rings. The van der Waals surface area contributed by atoms with Gasteiger partial charge in [0.2, 0.25) is 0 Å². The molecule has 0 aliphatic carbocycles. The standard InChI is InChI=1S/C17H21NO/c1-2-16(14-9-5-3-6-10-14)18-17(13-19)15-11-7-4-8-12-15/h3-12,16-19H,2,13H2,1H3/t16?,17-/m0/s1. The van der Waals surface area contributed by atoms with Crippen LogP contribution in [0.1, 0.15) is 36.6 Å². The molecule has 100 valence electrons. The van der Waals surface area contributed by atoms with Gasteiger partial charge in [0, 0.05) is 6.04 Å². The van der Waals surface area contributed by atoms with Crippen molar-refractivity contribution in [2.45, 2.75) is 25.4 Å². The zero-order chi connectivity index (χ0) is 13.5. The smallest absolute Gasteiger partial charge is 0.0626 e. The van der Waals surface area contributed by atoms with Gasteiger partial charge in [0.05, 0.1) is 12.6 Å². The van der Waals surface area contributed by atoms with E-state index in [1.54, 1.807) is 0 Å². The Kier molecular flexibility index (Phi) is 5.13. The number of hydrogen-bond donors (Lipinski definition) is 2. The van der Waals surface area contributed by atoms with Crippen LogP contribution in [0.15, 0.2) is 60.7 Å². The maximum Gasteiger partial charge on any atom is 0.0626 e. The average molecular weight is 255 g/mol. The van der Waals surface area contributed by atoms with Gasteiger partial charge < -0.3 is 10.4 Å². The molecule has 0 aromatic heterocycles. The Hall–Kier alpha value is -1.64. The van der Waals surface area contributed by atoms with Crippen molar-refractivity contribution in [1.82, 2.24) is 5.32 Å². The van der Waals surface area contributed by atoms with Gasteiger partial charge in [0.1, 0.15) is 0 Å². The lowest BCUT2D eigenvalue weighted by Crippen LogP contribution is -2.28. The highest BCUT2D eigenvalue weighted by Crippen LogP contribution is 2.21. The summed E-state index contributed by atoms with van der Waals surface area (Å²) in [5, 5.41) is 13.1. The van der Waals surface area contributed by atoms with Crippen LogP contribution in [0.25, 0.3) is 0 Å². The van der Waals surface area contributed by atoms with Gasteiger partial charge >= 0.3 is 0 Å². The molecule has 2 rings (SSSR count). The van der Waals surface area contributed by atoms with E-state index in [2.05, 4.69) is 36.5 Å². The molecule has 2 N–H and O–H groups in total. The van der Waals surface area contributed by atoms with Crippen molar-refractivity contribution in [2.75, 3.05) is 6.61 Å². The molecular formula is C17H21NO. The van der Waals surface area contributed by atoms with E-state index < -0.39 is 0 Å². The Morgan fingerprint density at radius 1 is 0.842 bits per heavy atom. The summed E-state index contributed by atoms with van der Waals surface area (Å²) in [7, 11) is 0. The first-order valence-corrected chi connectivity index (χ1v) is 6.82. The molecule has 2 nitrogen and oxygen atoms in total. The summed E-state index contributed by atoms with van der Waals surface area (Å²) < 4.78 is 0. The van der Waals surface area contributed by atoms with E-state index in [1.807, 2.05) is 36.4 Å². The molecule has 0 spiro atoms. The lowest BCUT2D eigenvalue weighted by atomic mass is 10.0. The maximum atomic E-state index is 9.61. The predicted octanol–water partition coefficient (Wildman–Crippen LogP) is 3.46. The minimum Gasteiger partial charge on any atom is -0.394 e. The lowest BCUT2D eigenvalue weighted by Gasteiger charge is -2.24. The van der Waals surface area contributed by atoms with Crippen molar-refractivity contribution in [3.05, 3.63) is 71.8 Å². The molecule has 0 radical (unpaired) electrons.